The number of nitrogens with two attached hydrogens (primary N) is 1. The average Bonchev–Trinajstić information content (AvgIpc) is 3.05. The van der Waals surface area contributed by atoms with E-state index < -0.39 is 17.7 Å². The van der Waals surface area contributed by atoms with Crippen molar-refractivity contribution < 1.29 is 27.9 Å². The van der Waals surface area contributed by atoms with E-state index >= 15 is 0 Å². The Hall–Kier alpha value is -3.16. The number of halogens is 2. The van der Waals surface area contributed by atoms with Crippen LogP contribution < -0.4 is 10.5 Å². The molecule has 0 aromatic heterocycles. The van der Waals surface area contributed by atoms with E-state index in [-0.39, 0.29) is 19.3 Å². The molecule has 26 heavy (non-hydrogen) atoms. The summed E-state index contributed by atoms with van der Waals surface area (Å²) >= 11 is 0. The largest absolute Gasteiger partial charge is 0.489 e. The van der Waals surface area contributed by atoms with Gasteiger partial charge in [-0.05, 0) is 23.8 Å². The van der Waals surface area contributed by atoms with Gasteiger partial charge >= 0.3 is 6.09 Å². The van der Waals surface area contributed by atoms with Gasteiger partial charge in [0.15, 0.2) is 6.10 Å². The van der Waals surface area contributed by atoms with Crippen molar-refractivity contribution in [3.05, 3.63) is 54.1 Å². The van der Waals surface area contributed by atoms with Crippen LogP contribution in [0, 0.1) is 11.6 Å². The second-order valence-electron chi connectivity index (χ2n) is 5.66. The van der Waals surface area contributed by atoms with Gasteiger partial charge in [-0.2, -0.15) is 0 Å². The summed E-state index contributed by atoms with van der Waals surface area (Å²) in [6.07, 6.45) is -0.827. The van der Waals surface area contributed by atoms with E-state index in [9.17, 15) is 13.6 Å². The highest BCUT2D eigenvalue weighted by Crippen LogP contribution is 2.31. The predicted molar refractivity (Wildman–Crippen MR) is 89.7 cm³/mol. The van der Waals surface area contributed by atoms with Gasteiger partial charge in [0.25, 0.3) is 0 Å². The third kappa shape index (κ3) is 4.47. The highest BCUT2D eigenvalue weighted by atomic mass is 19.1. The second-order valence-corrected chi connectivity index (χ2v) is 5.66. The molecule has 1 heterocycles. The second kappa shape index (κ2) is 7.81. The van der Waals surface area contributed by atoms with Crippen molar-refractivity contribution in [2.75, 3.05) is 13.2 Å². The summed E-state index contributed by atoms with van der Waals surface area (Å²) in [4.78, 5) is 15.8. The monoisotopic (exact) mass is 362 g/mol. The molecule has 0 radical (unpaired) electrons. The molecule has 3 rings (SSSR count). The number of para-hydroxylation sites is 1. The number of rotatable bonds is 6. The molecule has 136 valence electrons. The van der Waals surface area contributed by atoms with E-state index in [0.29, 0.717) is 29.0 Å². The SMILES string of the molecule is NC(=O)OCC1=NOC(COc2ccccc2-c2cc(F)cc(F)c2)C1. The van der Waals surface area contributed by atoms with E-state index in [2.05, 4.69) is 9.89 Å². The normalized spacial score (nSPS) is 15.9. The van der Waals surface area contributed by atoms with Crippen LogP contribution in [0.5, 0.6) is 5.75 Å². The fourth-order valence-electron chi connectivity index (χ4n) is 2.54. The first-order valence-electron chi connectivity index (χ1n) is 7.83. The van der Waals surface area contributed by atoms with Crippen LogP contribution in [-0.4, -0.2) is 31.1 Å². The zero-order valence-corrected chi connectivity index (χ0v) is 13.7. The van der Waals surface area contributed by atoms with E-state index in [1.54, 1.807) is 24.3 Å². The lowest BCUT2D eigenvalue weighted by atomic mass is 10.0. The van der Waals surface area contributed by atoms with Gasteiger partial charge in [-0.1, -0.05) is 23.4 Å². The number of hydrogen-bond donors (Lipinski definition) is 1. The lowest BCUT2D eigenvalue weighted by Gasteiger charge is -2.14. The number of hydrogen-bond acceptors (Lipinski definition) is 5. The van der Waals surface area contributed by atoms with Gasteiger partial charge < -0.3 is 20.0 Å². The Kier molecular flexibility index (Phi) is 5.31. The molecule has 0 saturated carbocycles. The van der Waals surface area contributed by atoms with Crippen LogP contribution in [-0.2, 0) is 9.57 Å². The molecule has 6 nitrogen and oxygen atoms in total. The van der Waals surface area contributed by atoms with Gasteiger partial charge in [0.05, 0.1) is 5.71 Å². The van der Waals surface area contributed by atoms with Gasteiger partial charge in [0.2, 0.25) is 0 Å². The van der Waals surface area contributed by atoms with Gasteiger partial charge in [-0.15, -0.1) is 0 Å². The summed E-state index contributed by atoms with van der Waals surface area (Å²) < 4.78 is 37.4. The topological polar surface area (TPSA) is 83.1 Å². The Morgan fingerprint density at radius 2 is 1.96 bits per heavy atom. The quantitative estimate of drug-likeness (QED) is 0.855. The molecular weight excluding hydrogens is 346 g/mol. The van der Waals surface area contributed by atoms with Crippen LogP contribution in [0.1, 0.15) is 6.42 Å². The molecule has 2 aromatic carbocycles. The maximum absolute atomic E-state index is 13.5. The summed E-state index contributed by atoms with van der Waals surface area (Å²) in [5.41, 5.74) is 6.37. The number of carbonyl (C=O) groups is 1. The Morgan fingerprint density at radius 1 is 1.23 bits per heavy atom. The summed E-state index contributed by atoms with van der Waals surface area (Å²) in [6.45, 7) is 0.128. The van der Waals surface area contributed by atoms with Crippen LogP contribution in [0.3, 0.4) is 0 Å². The molecule has 0 bridgehead atoms. The zero-order chi connectivity index (χ0) is 18.5. The Labute approximate surface area is 148 Å². The minimum Gasteiger partial charge on any atom is -0.489 e. The molecular formula is C18H16F2N2O4. The molecule has 1 atom stereocenters. The van der Waals surface area contributed by atoms with E-state index in [0.717, 1.165) is 6.07 Å². The lowest BCUT2D eigenvalue weighted by Crippen LogP contribution is -2.21. The molecule has 0 saturated heterocycles. The van der Waals surface area contributed by atoms with Crippen LogP contribution in [0.15, 0.2) is 47.6 Å². The Morgan fingerprint density at radius 3 is 2.69 bits per heavy atom. The van der Waals surface area contributed by atoms with Gasteiger partial charge in [0, 0.05) is 18.1 Å². The molecule has 0 spiro atoms. The van der Waals surface area contributed by atoms with Gasteiger partial charge in [0.1, 0.15) is 30.6 Å². The maximum atomic E-state index is 13.5. The minimum absolute atomic E-state index is 0.0367. The van der Waals surface area contributed by atoms with Crippen molar-refractivity contribution in [1.29, 1.82) is 0 Å². The smallest absolute Gasteiger partial charge is 0.404 e. The number of nitrogens with zero attached hydrogens (tertiary/aromatic N) is 1. The molecule has 1 aliphatic rings. The number of carbonyl (C=O) groups excluding carboxylic acids is 1. The van der Waals surface area contributed by atoms with Crippen molar-refractivity contribution in [1.82, 2.24) is 0 Å². The summed E-state index contributed by atoms with van der Waals surface area (Å²) in [7, 11) is 0. The van der Waals surface area contributed by atoms with Crippen molar-refractivity contribution >= 4 is 11.8 Å². The first-order valence-corrected chi connectivity index (χ1v) is 7.83. The molecule has 0 aliphatic carbocycles. The molecule has 2 N–H and O–H groups in total. The van der Waals surface area contributed by atoms with Crippen LogP contribution in [0.4, 0.5) is 13.6 Å². The van der Waals surface area contributed by atoms with Crippen molar-refractivity contribution in [2.24, 2.45) is 10.9 Å². The first kappa shape index (κ1) is 17.7. The predicted octanol–water partition coefficient (Wildman–Crippen LogP) is 3.25. The number of ether oxygens (including phenoxy) is 2. The molecule has 2 aromatic rings. The number of oxime groups is 1. The fraction of sp³-hybridized carbons (Fsp3) is 0.222. The highest BCUT2D eigenvalue weighted by molar-refractivity contribution is 5.88. The summed E-state index contributed by atoms with van der Waals surface area (Å²) in [5.74, 6) is -0.870. The maximum Gasteiger partial charge on any atom is 0.404 e. The van der Waals surface area contributed by atoms with Crippen LogP contribution >= 0.6 is 0 Å². The van der Waals surface area contributed by atoms with Crippen molar-refractivity contribution in [2.45, 2.75) is 12.5 Å². The number of primary amides is 1. The number of amides is 1. The first-order chi connectivity index (χ1) is 12.5. The average molecular weight is 362 g/mol. The molecule has 8 heteroatoms. The van der Waals surface area contributed by atoms with Crippen molar-refractivity contribution in [3.8, 4) is 16.9 Å². The molecule has 1 aliphatic heterocycles. The highest BCUT2D eigenvalue weighted by Gasteiger charge is 2.23. The molecule has 0 fully saturated rings. The zero-order valence-electron chi connectivity index (χ0n) is 13.7. The fourth-order valence-corrected chi connectivity index (χ4v) is 2.54. The third-order valence-electron chi connectivity index (χ3n) is 3.66. The van der Waals surface area contributed by atoms with E-state index in [1.807, 2.05) is 0 Å². The molecule has 1 amide bonds. The van der Waals surface area contributed by atoms with Gasteiger partial charge in [-0.3, -0.25) is 0 Å². The summed E-state index contributed by atoms with van der Waals surface area (Å²) in [5, 5.41) is 3.81. The summed E-state index contributed by atoms with van der Waals surface area (Å²) in [6, 6.07) is 10.2. The minimum atomic E-state index is -0.886. The standard InChI is InChI=1S/C18H16F2N2O4/c19-12-5-11(6-13(20)7-12)16-3-1-2-4-17(16)24-10-15-8-14(22-26-15)9-25-18(21)23/h1-7,15H,8-10H2,(H2,21,23). The van der Waals surface area contributed by atoms with Crippen molar-refractivity contribution in [3.63, 3.8) is 0 Å². The third-order valence-corrected chi connectivity index (χ3v) is 3.66. The number of benzene rings is 2. The molecule has 1 unspecified atom stereocenters. The van der Waals surface area contributed by atoms with Crippen LogP contribution in [0.25, 0.3) is 11.1 Å². The van der Waals surface area contributed by atoms with Crippen LogP contribution in [0.2, 0.25) is 0 Å². The Bertz CT molecular complexity index is 821. The van der Waals surface area contributed by atoms with E-state index in [1.165, 1.54) is 12.1 Å². The Balaban J connectivity index is 1.64. The lowest BCUT2D eigenvalue weighted by molar-refractivity contribution is 0.0472. The van der Waals surface area contributed by atoms with E-state index in [4.69, 9.17) is 15.3 Å². The van der Waals surface area contributed by atoms with Gasteiger partial charge in [-0.25, -0.2) is 13.6 Å².